The van der Waals surface area contributed by atoms with Crippen LogP contribution in [0.5, 0.6) is 0 Å². The van der Waals surface area contributed by atoms with Crippen molar-refractivity contribution in [3.63, 3.8) is 0 Å². The zero-order valence-corrected chi connectivity index (χ0v) is 19.6. The summed E-state index contributed by atoms with van der Waals surface area (Å²) >= 11 is 0. The molecule has 1 saturated heterocycles. The average Bonchev–Trinajstić information content (AvgIpc) is 2.81. The Kier molecular flexibility index (Phi) is 7.87. The van der Waals surface area contributed by atoms with Crippen LogP contribution >= 0.6 is 0 Å². The van der Waals surface area contributed by atoms with E-state index in [4.69, 9.17) is 4.74 Å². The number of hydrogen-bond acceptors (Lipinski definition) is 7. The molecule has 1 atom stereocenters. The summed E-state index contributed by atoms with van der Waals surface area (Å²) in [6, 6.07) is 10.1. The average molecular weight is 480 g/mol. The van der Waals surface area contributed by atoms with Crippen LogP contribution in [0.3, 0.4) is 0 Å². The zero-order chi connectivity index (χ0) is 23.4. The van der Waals surface area contributed by atoms with Gasteiger partial charge in [-0.25, -0.2) is 18.4 Å². The number of ether oxygens (including phenoxy) is 1. The van der Waals surface area contributed by atoms with E-state index in [1.807, 2.05) is 6.92 Å². The van der Waals surface area contributed by atoms with Gasteiger partial charge < -0.3 is 9.64 Å². The summed E-state index contributed by atoms with van der Waals surface area (Å²) in [7, 11) is -3.73. The quantitative estimate of drug-likeness (QED) is 0.572. The van der Waals surface area contributed by atoms with Gasteiger partial charge in [0.2, 0.25) is 0 Å². The molecule has 0 amide bonds. The number of anilines is 2. The van der Waals surface area contributed by atoms with E-state index < -0.39 is 10.0 Å². The van der Waals surface area contributed by atoms with Crippen LogP contribution in [0.1, 0.15) is 36.9 Å². The Bertz CT molecular complexity index is 1320. The molecule has 0 bridgehead atoms. The molecule has 34 heavy (non-hydrogen) atoms. The number of pyridine rings is 1. The highest BCUT2D eigenvalue weighted by molar-refractivity contribution is 7.92. The predicted octanol–water partition coefficient (Wildman–Crippen LogP) is 3.55. The van der Waals surface area contributed by atoms with Crippen molar-refractivity contribution in [2.75, 3.05) is 29.4 Å². The maximum atomic E-state index is 12.7. The second-order valence-corrected chi connectivity index (χ2v) is 9.48. The standard InChI is InChI=1S/C24H25N5O3S.CH4/c1-17-15-32-12-11-29(17)24-22(18(2)26-16-27-24)10-9-20-13-23(19(3)25-14-20)28-33(30,31)21-7-5-4-6-8-21;/h4-8,13-14,16-17,28H,11-12,15H2,1-3H3;1H4/t17-;/m0./s1. The number of rotatable bonds is 4. The molecule has 1 fully saturated rings. The predicted molar refractivity (Wildman–Crippen MR) is 133 cm³/mol. The van der Waals surface area contributed by atoms with Gasteiger partial charge in [0.05, 0.1) is 46.8 Å². The first kappa shape index (κ1) is 25.1. The summed E-state index contributed by atoms with van der Waals surface area (Å²) < 4.78 is 33.6. The summed E-state index contributed by atoms with van der Waals surface area (Å²) in [5.41, 5.74) is 3.03. The summed E-state index contributed by atoms with van der Waals surface area (Å²) in [4.78, 5) is 15.5. The van der Waals surface area contributed by atoms with Crippen LogP contribution in [0.4, 0.5) is 11.5 Å². The van der Waals surface area contributed by atoms with Gasteiger partial charge in [-0.15, -0.1) is 0 Å². The van der Waals surface area contributed by atoms with Crippen molar-refractivity contribution < 1.29 is 13.2 Å². The summed E-state index contributed by atoms with van der Waals surface area (Å²) in [6.07, 6.45) is 3.17. The van der Waals surface area contributed by atoms with Crippen molar-refractivity contribution >= 4 is 21.5 Å². The van der Waals surface area contributed by atoms with Crippen molar-refractivity contribution in [3.05, 3.63) is 71.4 Å². The molecule has 0 spiro atoms. The smallest absolute Gasteiger partial charge is 0.261 e. The molecule has 1 aliphatic heterocycles. The zero-order valence-electron chi connectivity index (χ0n) is 18.7. The molecule has 1 aliphatic rings. The number of morpholine rings is 1. The van der Waals surface area contributed by atoms with Gasteiger partial charge in [-0.05, 0) is 39.0 Å². The number of sulfonamides is 1. The third-order valence-electron chi connectivity index (χ3n) is 5.37. The minimum atomic E-state index is -3.73. The van der Waals surface area contributed by atoms with Crippen LogP contribution in [0.15, 0.2) is 53.8 Å². The largest absolute Gasteiger partial charge is 0.377 e. The highest BCUT2D eigenvalue weighted by Crippen LogP contribution is 2.23. The highest BCUT2D eigenvalue weighted by atomic mass is 32.2. The number of nitrogens with zero attached hydrogens (tertiary/aromatic N) is 4. The van der Waals surface area contributed by atoms with Crippen molar-refractivity contribution in [2.45, 2.75) is 39.1 Å². The molecule has 3 aromatic rings. The summed E-state index contributed by atoms with van der Waals surface area (Å²) in [5.74, 6) is 7.06. The van der Waals surface area contributed by atoms with Gasteiger partial charge in [-0.1, -0.05) is 37.5 Å². The van der Waals surface area contributed by atoms with Crippen LogP contribution in [0.25, 0.3) is 0 Å². The molecule has 8 nitrogen and oxygen atoms in total. The Morgan fingerprint density at radius 1 is 1.09 bits per heavy atom. The third-order valence-corrected chi connectivity index (χ3v) is 6.75. The Labute approximate surface area is 201 Å². The molecule has 1 aromatic carbocycles. The maximum Gasteiger partial charge on any atom is 0.261 e. The molecular weight excluding hydrogens is 450 g/mol. The van der Waals surface area contributed by atoms with Gasteiger partial charge in [0.1, 0.15) is 12.1 Å². The first-order chi connectivity index (χ1) is 15.8. The topological polar surface area (TPSA) is 97.3 Å². The monoisotopic (exact) mass is 479 g/mol. The lowest BCUT2D eigenvalue weighted by atomic mass is 10.1. The molecule has 0 saturated carbocycles. The van der Waals surface area contributed by atoms with Gasteiger partial charge in [0.15, 0.2) is 0 Å². The van der Waals surface area contributed by atoms with Gasteiger partial charge in [0.25, 0.3) is 10.0 Å². The minimum absolute atomic E-state index is 0. The lowest BCUT2D eigenvalue weighted by Crippen LogP contribution is -2.44. The summed E-state index contributed by atoms with van der Waals surface area (Å²) in [6.45, 7) is 7.71. The molecule has 178 valence electrons. The number of aryl methyl sites for hydroxylation is 2. The van der Waals surface area contributed by atoms with Gasteiger partial charge in [-0.3, -0.25) is 9.71 Å². The highest BCUT2D eigenvalue weighted by Gasteiger charge is 2.23. The Hall–Kier alpha value is -3.48. The van der Waals surface area contributed by atoms with Crippen LogP contribution in [0.2, 0.25) is 0 Å². The number of hydrogen-bond donors (Lipinski definition) is 1. The Morgan fingerprint density at radius 2 is 1.85 bits per heavy atom. The first-order valence-corrected chi connectivity index (χ1v) is 12.1. The number of benzene rings is 1. The van der Waals surface area contributed by atoms with E-state index in [0.717, 1.165) is 23.6 Å². The fraction of sp³-hybridized carbons (Fsp3) is 0.320. The third kappa shape index (κ3) is 5.53. The van der Waals surface area contributed by atoms with Crippen molar-refractivity contribution in [1.29, 1.82) is 0 Å². The van der Waals surface area contributed by atoms with Gasteiger partial charge >= 0.3 is 0 Å². The van der Waals surface area contributed by atoms with Crippen molar-refractivity contribution in [3.8, 4) is 11.8 Å². The molecular formula is C25H29N5O3S. The fourth-order valence-electron chi connectivity index (χ4n) is 3.51. The van der Waals surface area contributed by atoms with Crippen LogP contribution in [-0.2, 0) is 14.8 Å². The molecule has 0 unspecified atom stereocenters. The molecule has 9 heteroatoms. The van der Waals surface area contributed by atoms with Gasteiger partial charge in [0, 0.05) is 18.3 Å². The maximum absolute atomic E-state index is 12.7. The molecule has 4 rings (SSSR count). The SMILES string of the molecule is C.Cc1ncc(C#Cc2c(C)ncnc2N2CCOC[C@@H]2C)cc1NS(=O)(=O)c1ccccc1. The first-order valence-electron chi connectivity index (χ1n) is 10.6. The van der Waals surface area contributed by atoms with Crippen molar-refractivity contribution in [1.82, 2.24) is 15.0 Å². The second kappa shape index (κ2) is 10.6. The van der Waals surface area contributed by atoms with E-state index in [0.29, 0.717) is 30.2 Å². The fourth-order valence-corrected chi connectivity index (χ4v) is 4.64. The molecule has 3 heterocycles. The molecule has 0 aliphatic carbocycles. The number of aromatic nitrogens is 3. The van der Waals surface area contributed by atoms with E-state index in [1.165, 1.54) is 0 Å². The normalized spacial score (nSPS) is 15.6. The van der Waals surface area contributed by atoms with E-state index >= 15 is 0 Å². The van der Waals surface area contributed by atoms with Crippen molar-refractivity contribution in [2.24, 2.45) is 0 Å². The van der Waals surface area contributed by atoms with E-state index in [-0.39, 0.29) is 18.4 Å². The Morgan fingerprint density at radius 3 is 2.59 bits per heavy atom. The van der Waals surface area contributed by atoms with Crippen LogP contribution in [-0.4, -0.2) is 49.2 Å². The van der Waals surface area contributed by atoms with E-state index in [2.05, 4.69) is 43.3 Å². The Balaban J connectivity index is 0.00000324. The van der Waals surface area contributed by atoms with E-state index in [9.17, 15) is 8.42 Å². The lowest BCUT2D eigenvalue weighted by Gasteiger charge is -2.34. The van der Waals surface area contributed by atoms with E-state index in [1.54, 1.807) is 55.8 Å². The van der Waals surface area contributed by atoms with Crippen LogP contribution in [0, 0.1) is 25.7 Å². The summed E-state index contributed by atoms with van der Waals surface area (Å²) in [5, 5.41) is 0. The minimum Gasteiger partial charge on any atom is -0.377 e. The molecule has 2 aromatic heterocycles. The van der Waals surface area contributed by atoms with Crippen LogP contribution < -0.4 is 9.62 Å². The second-order valence-electron chi connectivity index (χ2n) is 7.80. The van der Waals surface area contributed by atoms with Gasteiger partial charge in [-0.2, -0.15) is 0 Å². The lowest BCUT2D eigenvalue weighted by molar-refractivity contribution is 0.0985. The number of nitrogens with one attached hydrogen (secondary N) is 1. The molecule has 1 N–H and O–H groups in total. The molecule has 0 radical (unpaired) electrons.